The van der Waals surface area contributed by atoms with Gasteiger partial charge in [0.25, 0.3) is 0 Å². The molecule has 3 rings (SSSR count). The van der Waals surface area contributed by atoms with Crippen LogP contribution in [0.25, 0.3) is 11.5 Å². The second kappa shape index (κ2) is 5.48. The van der Waals surface area contributed by atoms with Gasteiger partial charge in [-0.25, -0.2) is 5.10 Å². The molecule has 0 aliphatic heterocycles. The summed E-state index contributed by atoms with van der Waals surface area (Å²) in [4.78, 5) is 6.57. The lowest BCUT2D eigenvalue weighted by molar-refractivity contribution is 0.868. The quantitative estimate of drug-likeness (QED) is 0.597. The Balaban J connectivity index is 2.00. The van der Waals surface area contributed by atoms with Gasteiger partial charge in [-0.2, -0.15) is 14.9 Å². The van der Waals surface area contributed by atoms with Crippen LogP contribution in [0.2, 0.25) is 0 Å². The largest absolute Gasteiger partial charge is 0.253 e. The molecule has 100 valence electrons. The highest BCUT2D eigenvalue weighted by Gasteiger charge is 2.08. The third-order valence-corrected chi connectivity index (χ3v) is 3.81. The molecule has 0 aliphatic rings. The second-order valence-corrected chi connectivity index (χ2v) is 5.78. The van der Waals surface area contributed by atoms with E-state index in [-0.39, 0.29) is 0 Å². The molecule has 0 unspecified atom stereocenters. The van der Waals surface area contributed by atoms with Crippen LogP contribution in [0.1, 0.15) is 9.75 Å². The van der Waals surface area contributed by atoms with Gasteiger partial charge in [0.05, 0.1) is 6.21 Å². The zero-order chi connectivity index (χ0) is 13.9. The van der Waals surface area contributed by atoms with E-state index in [2.05, 4.69) is 33.3 Å². The third kappa shape index (κ3) is 2.59. The van der Waals surface area contributed by atoms with Crippen LogP contribution in [0.15, 0.2) is 41.6 Å². The Hall–Kier alpha value is -2.12. The molecule has 5 nitrogen and oxygen atoms in total. The predicted octanol–water partition coefficient (Wildman–Crippen LogP) is 3.25. The summed E-state index contributed by atoms with van der Waals surface area (Å²) >= 11 is 6.87. The third-order valence-electron chi connectivity index (χ3n) is 2.61. The van der Waals surface area contributed by atoms with E-state index in [0.29, 0.717) is 10.6 Å². The molecule has 3 aromatic rings. The first-order valence-corrected chi connectivity index (χ1v) is 7.16. The Kier molecular flexibility index (Phi) is 3.53. The van der Waals surface area contributed by atoms with E-state index in [0.717, 1.165) is 10.6 Å². The summed E-state index contributed by atoms with van der Waals surface area (Å²) in [7, 11) is 0. The van der Waals surface area contributed by atoms with E-state index in [1.54, 1.807) is 28.4 Å². The first-order valence-electron chi connectivity index (χ1n) is 5.93. The fourth-order valence-corrected chi connectivity index (χ4v) is 2.62. The summed E-state index contributed by atoms with van der Waals surface area (Å²) < 4.78 is 2.02. The molecule has 3 aromatic heterocycles. The van der Waals surface area contributed by atoms with Crippen molar-refractivity contribution in [1.29, 1.82) is 0 Å². The van der Waals surface area contributed by atoms with Crippen LogP contribution < -0.4 is 0 Å². The van der Waals surface area contributed by atoms with Crippen molar-refractivity contribution >= 4 is 29.8 Å². The minimum Gasteiger partial charge on any atom is -0.253 e. The monoisotopic (exact) mass is 301 g/mol. The van der Waals surface area contributed by atoms with Crippen molar-refractivity contribution in [3.63, 3.8) is 0 Å². The number of hydrogen-bond donors (Lipinski definition) is 1. The molecule has 0 atom stereocenters. The van der Waals surface area contributed by atoms with Gasteiger partial charge in [-0.15, -0.1) is 11.3 Å². The zero-order valence-corrected chi connectivity index (χ0v) is 12.3. The Morgan fingerprint density at radius 1 is 1.35 bits per heavy atom. The predicted molar refractivity (Wildman–Crippen MR) is 82.7 cm³/mol. The minimum absolute atomic E-state index is 0.440. The molecule has 0 amide bonds. The maximum absolute atomic E-state index is 5.20. The molecular formula is C13H11N5S2. The number of pyridine rings is 1. The highest BCUT2D eigenvalue weighted by atomic mass is 32.1. The van der Waals surface area contributed by atoms with Crippen molar-refractivity contribution < 1.29 is 0 Å². The number of nitrogens with zero attached hydrogens (tertiary/aromatic N) is 4. The number of rotatable bonds is 3. The van der Waals surface area contributed by atoms with Crippen LogP contribution in [0.3, 0.4) is 0 Å². The van der Waals surface area contributed by atoms with Gasteiger partial charge >= 0.3 is 0 Å². The molecular weight excluding hydrogens is 290 g/mol. The number of aromatic amines is 1. The molecule has 0 saturated heterocycles. The van der Waals surface area contributed by atoms with E-state index < -0.39 is 0 Å². The van der Waals surface area contributed by atoms with Gasteiger partial charge in [0.15, 0.2) is 0 Å². The van der Waals surface area contributed by atoms with Crippen LogP contribution in [0, 0.1) is 11.7 Å². The second-order valence-electron chi connectivity index (χ2n) is 4.07. The summed E-state index contributed by atoms with van der Waals surface area (Å²) in [6, 6.07) is 9.70. The topological polar surface area (TPSA) is 58.9 Å². The smallest absolute Gasteiger partial charge is 0.216 e. The summed E-state index contributed by atoms with van der Waals surface area (Å²) in [6.45, 7) is 2.06. The maximum Gasteiger partial charge on any atom is 0.216 e. The lowest BCUT2D eigenvalue weighted by Gasteiger charge is -1.98. The van der Waals surface area contributed by atoms with E-state index in [4.69, 9.17) is 12.2 Å². The summed E-state index contributed by atoms with van der Waals surface area (Å²) in [6.07, 6.45) is 3.49. The molecule has 0 spiro atoms. The Bertz CT molecular complexity index is 798. The number of nitrogens with one attached hydrogen (secondary N) is 1. The average Bonchev–Trinajstić information content (AvgIpc) is 3.04. The van der Waals surface area contributed by atoms with Gasteiger partial charge in [0, 0.05) is 16.0 Å². The first-order chi connectivity index (χ1) is 9.74. The van der Waals surface area contributed by atoms with Crippen molar-refractivity contribution in [2.24, 2.45) is 5.10 Å². The lowest BCUT2D eigenvalue weighted by atomic mass is 10.3. The maximum atomic E-state index is 5.20. The lowest BCUT2D eigenvalue weighted by Crippen LogP contribution is -1.95. The number of aromatic nitrogens is 4. The van der Waals surface area contributed by atoms with Gasteiger partial charge in [-0.3, -0.25) is 4.98 Å². The first kappa shape index (κ1) is 12.9. The fraction of sp³-hybridized carbons (Fsp3) is 0.0769. The highest BCUT2D eigenvalue weighted by Crippen LogP contribution is 2.15. The van der Waals surface area contributed by atoms with Gasteiger partial charge < -0.3 is 0 Å². The van der Waals surface area contributed by atoms with Gasteiger partial charge in [0.2, 0.25) is 10.6 Å². The van der Waals surface area contributed by atoms with Gasteiger partial charge in [0.1, 0.15) is 5.69 Å². The summed E-state index contributed by atoms with van der Waals surface area (Å²) in [5.74, 6) is 0.597. The van der Waals surface area contributed by atoms with Gasteiger partial charge in [-0.1, -0.05) is 6.07 Å². The highest BCUT2D eigenvalue weighted by molar-refractivity contribution is 7.71. The molecule has 0 aliphatic carbocycles. The Labute approximate surface area is 124 Å². The van der Waals surface area contributed by atoms with Gasteiger partial charge in [-0.05, 0) is 43.4 Å². The van der Waals surface area contributed by atoms with Crippen molar-refractivity contribution in [3.8, 4) is 11.5 Å². The molecule has 0 saturated carbocycles. The SMILES string of the molecule is Cc1ccc(C=Nn2c(-c3ccccn3)n[nH]c2=S)s1. The molecule has 20 heavy (non-hydrogen) atoms. The summed E-state index contributed by atoms with van der Waals surface area (Å²) in [5, 5.41) is 11.3. The number of H-pyrrole nitrogens is 1. The van der Waals surface area contributed by atoms with Crippen molar-refractivity contribution in [3.05, 3.63) is 51.1 Å². The van der Waals surface area contributed by atoms with Crippen LogP contribution in [-0.4, -0.2) is 26.1 Å². The van der Waals surface area contributed by atoms with Crippen LogP contribution in [0.5, 0.6) is 0 Å². The Morgan fingerprint density at radius 2 is 2.25 bits per heavy atom. The fourth-order valence-electron chi connectivity index (χ4n) is 1.70. The molecule has 0 aromatic carbocycles. The number of thiophene rings is 1. The van der Waals surface area contributed by atoms with E-state index in [1.807, 2.05) is 24.3 Å². The molecule has 0 radical (unpaired) electrons. The zero-order valence-electron chi connectivity index (χ0n) is 10.6. The van der Waals surface area contributed by atoms with E-state index >= 15 is 0 Å². The number of aryl methyl sites for hydroxylation is 1. The van der Waals surface area contributed by atoms with Crippen molar-refractivity contribution in [2.75, 3.05) is 0 Å². The van der Waals surface area contributed by atoms with Crippen LogP contribution in [-0.2, 0) is 0 Å². The molecule has 0 fully saturated rings. The average molecular weight is 301 g/mol. The minimum atomic E-state index is 0.440. The summed E-state index contributed by atoms with van der Waals surface area (Å²) in [5.41, 5.74) is 0.722. The van der Waals surface area contributed by atoms with Crippen LogP contribution >= 0.6 is 23.6 Å². The van der Waals surface area contributed by atoms with Crippen molar-refractivity contribution in [2.45, 2.75) is 6.92 Å². The van der Waals surface area contributed by atoms with Crippen LogP contribution in [0.4, 0.5) is 0 Å². The van der Waals surface area contributed by atoms with Crippen molar-refractivity contribution in [1.82, 2.24) is 19.9 Å². The molecule has 1 N–H and O–H groups in total. The number of hydrogen-bond acceptors (Lipinski definition) is 5. The van der Waals surface area contributed by atoms with E-state index in [9.17, 15) is 0 Å². The standard InChI is InChI=1S/C13H11N5S2/c1-9-5-6-10(20-9)8-15-18-12(16-17-13(18)19)11-4-2-3-7-14-11/h2-8H,1H3,(H,17,19). The molecule has 0 bridgehead atoms. The van der Waals surface area contributed by atoms with E-state index in [1.165, 1.54) is 4.88 Å². The molecule has 7 heteroatoms. The normalized spacial score (nSPS) is 11.2. The molecule has 3 heterocycles. The Morgan fingerprint density at radius 3 is 2.95 bits per heavy atom.